The largest absolute Gasteiger partial charge is 0.370 e. The molecule has 6 nitrogen and oxygen atoms in total. The van der Waals surface area contributed by atoms with Crippen LogP contribution in [0.15, 0.2) is 4.99 Å². The van der Waals surface area contributed by atoms with Gasteiger partial charge in [-0.3, -0.25) is 14.7 Å². The van der Waals surface area contributed by atoms with Crippen molar-refractivity contribution in [2.45, 2.75) is 37.8 Å². The highest BCUT2D eigenvalue weighted by Crippen LogP contribution is 2.18. The number of piperidine rings is 1. The van der Waals surface area contributed by atoms with E-state index in [1.54, 1.807) is 0 Å². The normalized spacial score (nSPS) is 23.6. The first-order valence-corrected chi connectivity index (χ1v) is 6.24. The van der Waals surface area contributed by atoms with Crippen LogP contribution in [0.25, 0.3) is 0 Å². The van der Waals surface area contributed by atoms with Crippen LogP contribution in [-0.4, -0.2) is 48.5 Å². The first kappa shape index (κ1) is 12.2. The molecular weight excluding hydrogens is 218 g/mol. The van der Waals surface area contributed by atoms with E-state index < -0.39 is 0 Å². The number of nitrogens with one attached hydrogen (secondary N) is 1. The predicted molar refractivity (Wildman–Crippen MR) is 66.4 cm³/mol. The van der Waals surface area contributed by atoms with Crippen molar-refractivity contribution >= 4 is 11.9 Å². The number of nitrogens with two attached hydrogens (primary N) is 2. The molecule has 6 heteroatoms. The molecule has 0 aromatic carbocycles. The van der Waals surface area contributed by atoms with Crippen molar-refractivity contribution in [1.29, 1.82) is 0 Å². The maximum Gasteiger partial charge on any atom is 0.231 e. The van der Waals surface area contributed by atoms with Gasteiger partial charge in [0.05, 0.1) is 12.6 Å². The molecule has 96 valence electrons. The van der Waals surface area contributed by atoms with Gasteiger partial charge in [-0.2, -0.15) is 0 Å². The monoisotopic (exact) mass is 239 g/mol. The zero-order valence-corrected chi connectivity index (χ0v) is 10.1. The number of primary amides is 1. The van der Waals surface area contributed by atoms with Crippen LogP contribution in [0.5, 0.6) is 0 Å². The van der Waals surface area contributed by atoms with Gasteiger partial charge in [-0.05, 0) is 25.7 Å². The lowest BCUT2D eigenvalue weighted by Crippen LogP contribution is -2.42. The van der Waals surface area contributed by atoms with Crippen LogP contribution in [0, 0.1) is 0 Å². The molecule has 0 bridgehead atoms. The first-order valence-electron chi connectivity index (χ1n) is 6.24. The molecule has 2 fully saturated rings. The highest BCUT2D eigenvalue weighted by atomic mass is 16.1. The van der Waals surface area contributed by atoms with Crippen molar-refractivity contribution in [1.82, 2.24) is 10.2 Å². The number of hydrogen-bond acceptors (Lipinski definition) is 3. The van der Waals surface area contributed by atoms with Crippen LogP contribution in [0.1, 0.15) is 25.7 Å². The lowest BCUT2D eigenvalue weighted by Gasteiger charge is -2.29. The summed E-state index contributed by atoms with van der Waals surface area (Å²) in [5.74, 6) is 0.308. The van der Waals surface area contributed by atoms with Crippen molar-refractivity contribution in [2.24, 2.45) is 16.5 Å². The van der Waals surface area contributed by atoms with E-state index in [-0.39, 0.29) is 11.9 Å². The van der Waals surface area contributed by atoms with Crippen molar-refractivity contribution in [3.63, 3.8) is 0 Å². The van der Waals surface area contributed by atoms with Gasteiger partial charge in [0.15, 0.2) is 5.96 Å². The van der Waals surface area contributed by atoms with Crippen LogP contribution in [0.3, 0.4) is 0 Å². The molecule has 0 spiro atoms. The Morgan fingerprint density at radius 2 is 1.88 bits per heavy atom. The summed E-state index contributed by atoms with van der Waals surface area (Å²) in [5, 5.41) is 3.18. The molecule has 1 heterocycles. The van der Waals surface area contributed by atoms with Crippen molar-refractivity contribution in [2.75, 3.05) is 19.6 Å². The lowest BCUT2D eigenvalue weighted by molar-refractivity contribution is -0.119. The Kier molecular flexibility index (Phi) is 3.83. The summed E-state index contributed by atoms with van der Waals surface area (Å²) in [6.45, 7) is 2.09. The van der Waals surface area contributed by atoms with Gasteiger partial charge in [0.25, 0.3) is 0 Å². The molecule has 17 heavy (non-hydrogen) atoms. The Labute approximate surface area is 101 Å². The van der Waals surface area contributed by atoms with Gasteiger partial charge in [-0.1, -0.05) is 0 Å². The number of carbonyl (C=O) groups is 1. The number of likely N-dealkylation sites (tertiary alicyclic amines) is 1. The summed E-state index contributed by atoms with van der Waals surface area (Å²) in [4.78, 5) is 17.3. The van der Waals surface area contributed by atoms with Gasteiger partial charge in [0.2, 0.25) is 5.91 Å². The van der Waals surface area contributed by atoms with E-state index in [4.69, 9.17) is 11.5 Å². The molecule has 0 radical (unpaired) electrons. The molecule has 1 amide bonds. The number of carbonyl (C=O) groups excluding carboxylic acids is 1. The Balaban J connectivity index is 1.72. The lowest BCUT2D eigenvalue weighted by atomic mass is 10.1. The minimum atomic E-state index is -0.262. The highest BCUT2D eigenvalue weighted by Gasteiger charge is 2.23. The zero-order valence-electron chi connectivity index (χ0n) is 10.1. The Bertz CT molecular complexity index is 305. The quantitative estimate of drug-likeness (QED) is 0.433. The summed E-state index contributed by atoms with van der Waals surface area (Å²) in [5.41, 5.74) is 11.0. The summed E-state index contributed by atoms with van der Waals surface area (Å²) < 4.78 is 0. The maximum atomic E-state index is 10.8. The summed E-state index contributed by atoms with van der Waals surface area (Å²) in [7, 11) is 0. The summed E-state index contributed by atoms with van der Waals surface area (Å²) in [6.07, 6.45) is 4.29. The van der Waals surface area contributed by atoms with Crippen molar-refractivity contribution < 1.29 is 4.79 Å². The average Bonchev–Trinajstić information content (AvgIpc) is 3.04. The molecule has 1 saturated heterocycles. The van der Waals surface area contributed by atoms with E-state index in [0.717, 1.165) is 25.9 Å². The fourth-order valence-corrected chi connectivity index (χ4v) is 2.10. The summed E-state index contributed by atoms with van der Waals surface area (Å²) >= 11 is 0. The van der Waals surface area contributed by atoms with E-state index >= 15 is 0 Å². The van der Waals surface area contributed by atoms with Gasteiger partial charge in [-0.25, -0.2) is 0 Å². The third-order valence-corrected chi connectivity index (χ3v) is 3.19. The highest BCUT2D eigenvalue weighted by molar-refractivity contribution is 5.78. The number of aliphatic imine (C=N–C) groups is 1. The van der Waals surface area contributed by atoms with Crippen LogP contribution >= 0.6 is 0 Å². The number of hydrogen-bond donors (Lipinski definition) is 3. The molecule has 1 aliphatic carbocycles. The molecule has 0 aromatic heterocycles. The first-order chi connectivity index (χ1) is 8.13. The van der Waals surface area contributed by atoms with E-state index in [9.17, 15) is 4.79 Å². The second kappa shape index (κ2) is 5.35. The van der Waals surface area contributed by atoms with Gasteiger partial charge >= 0.3 is 0 Å². The fourth-order valence-electron chi connectivity index (χ4n) is 2.10. The molecular formula is C11H21N5O. The zero-order chi connectivity index (χ0) is 12.3. The molecule has 1 aliphatic heterocycles. The molecule has 0 aromatic rings. The SMILES string of the molecule is NC(=O)CN1CCC(N=C(N)NC2CC2)CC1. The number of nitrogens with zero attached hydrogens (tertiary/aromatic N) is 2. The number of amides is 1. The molecule has 1 saturated carbocycles. The van der Waals surface area contributed by atoms with Crippen molar-refractivity contribution in [3.05, 3.63) is 0 Å². The third-order valence-electron chi connectivity index (χ3n) is 3.19. The second-order valence-electron chi connectivity index (χ2n) is 4.91. The second-order valence-corrected chi connectivity index (χ2v) is 4.91. The van der Waals surface area contributed by atoms with Crippen LogP contribution < -0.4 is 16.8 Å². The fraction of sp³-hybridized carbons (Fsp3) is 0.818. The summed E-state index contributed by atoms with van der Waals surface area (Å²) in [6, 6.07) is 0.832. The minimum Gasteiger partial charge on any atom is -0.370 e. The Hall–Kier alpha value is -1.30. The molecule has 5 N–H and O–H groups in total. The molecule has 2 rings (SSSR count). The third kappa shape index (κ3) is 4.22. The van der Waals surface area contributed by atoms with E-state index in [0.29, 0.717) is 18.5 Å². The standard InChI is InChI=1S/C11H21N5O/c12-10(17)7-16-5-3-9(4-6-16)15-11(13)14-8-1-2-8/h8-9H,1-7H2,(H2,12,17)(H3,13,14,15). The topological polar surface area (TPSA) is 96.7 Å². The van der Waals surface area contributed by atoms with Gasteiger partial charge < -0.3 is 16.8 Å². The van der Waals surface area contributed by atoms with Crippen LogP contribution in [0.4, 0.5) is 0 Å². The number of rotatable bonds is 4. The minimum absolute atomic E-state index is 0.262. The average molecular weight is 239 g/mol. The van der Waals surface area contributed by atoms with Crippen LogP contribution in [0.2, 0.25) is 0 Å². The Morgan fingerprint density at radius 1 is 1.24 bits per heavy atom. The van der Waals surface area contributed by atoms with E-state index in [2.05, 4.69) is 15.2 Å². The molecule has 2 aliphatic rings. The maximum absolute atomic E-state index is 10.8. The Morgan fingerprint density at radius 3 is 2.41 bits per heavy atom. The van der Waals surface area contributed by atoms with Crippen LogP contribution in [-0.2, 0) is 4.79 Å². The van der Waals surface area contributed by atoms with E-state index in [1.165, 1.54) is 12.8 Å². The van der Waals surface area contributed by atoms with Gasteiger partial charge in [0.1, 0.15) is 0 Å². The van der Waals surface area contributed by atoms with E-state index in [1.807, 2.05) is 0 Å². The van der Waals surface area contributed by atoms with Gasteiger partial charge in [-0.15, -0.1) is 0 Å². The number of guanidine groups is 1. The smallest absolute Gasteiger partial charge is 0.231 e. The van der Waals surface area contributed by atoms with Crippen molar-refractivity contribution in [3.8, 4) is 0 Å². The molecule has 0 unspecified atom stereocenters. The molecule has 0 atom stereocenters. The van der Waals surface area contributed by atoms with Gasteiger partial charge in [0, 0.05) is 19.1 Å². The predicted octanol–water partition coefficient (Wildman–Crippen LogP) is -0.997.